The van der Waals surface area contributed by atoms with Gasteiger partial charge >= 0.3 is 23.9 Å². The molecule has 0 atom stereocenters. The van der Waals surface area contributed by atoms with Gasteiger partial charge in [0.2, 0.25) is 0 Å². The maximum atomic E-state index is 11.7. The molecule has 0 unspecified atom stereocenters. The summed E-state index contributed by atoms with van der Waals surface area (Å²) in [6.07, 6.45) is -0.107. The number of rotatable bonds is 7. The molecule has 0 fully saturated rings. The molecule has 21 heavy (non-hydrogen) atoms. The van der Waals surface area contributed by atoms with Crippen LogP contribution < -0.4 is 0 Å². The van der Waals surface area contributed by atoms with Crippen molar-refractivity contribution >= 4 is 17.9 Å². The molecule has 0 aromatic heterocycles. The lowest BCUT2D eigenvalue weighted by Gasteiger charge is -2.30. The van der Waals surface area contributed by atoms with Gasteiger partial charge in [0, 0.05) is 16.7 Å². The molecule has 0 heterocycles. The molecule has 6 nitrogen and oxygen atoms in total. The number of hydrogen-bond donors (Lipinski definition) is 0. The van der Waals surface area contributed by atoms with E-state index in [4.69, 9.17) is 14.2 Å². The third kappa shape index (κ3) is 5.64. The Kier molecular flexibility index (Phi) is 6.58. The molecule has 0 spiro atoms. The summed E-state index contributed by atoms with van der Waals surface area (Å²) in [5.41, 5.74) is 0.182. The topological polar surface area (TPSA) is 78.9 Å². The zero-order valence-corrected chi connectivity index (χ0v) is 12.8. The summed E-state index contributed by atoms with van der Waals surface area (Å²) in [6.45, 7) is 16.0. The van der Waals surface area contributed by atoms with Crippen LogP contribution in [0.3, 0.4) is 0 Å². The van der Waals surface area contributed by atoms with Gasteiger partial charge in [-0.1, -0.05) is 26.7 Å². The maximum Gasteiger partial charge on any atom is 0.423 e. The average molecular weight is 296 g/mol. The Labute approximate surface area is 124 Å². The number of carbonyl (C=O) groups excluding carboxylic acids is 3. The zero-order valence-electron chi connectivity index (χ0n) is 12.8. The van der Waals surface area contributed by atoms with Crippen LogP contribution in [-0.4, -0.2) is 23.9 Å². The number of ether oxygens (including phenoxy) is 3. The quantitative estimate of drug-likeness (QED) is 0.408. The van der Waals surface area contributed by atoms with E-state index in [9.17, 15) is 14.4 Å². The first-order valence-electron chi connectivity index (χ1n) is 6.21. The van der Waals surface area contributed by atoms with Crippen molar-refractivity contribution in [3.8, 4) is 0 Å². The minimum Gasteiger partial charge on any atom is -0.385 e. The average Bonchev–Trinajstić information content (AvgIpc) is 2.37. The van der Waals surface area contributed by atoms with E-state index in [0.717, 1.165) is 0 Å². The summed E-state index contributed by atoms with van der Waals surface area (Å²) >= 11 is 0. The van der Waals surface area contributed by atoms with Crippen molar-refractivity contribution in [3.63, 3.8) is 0 Å². The second-order valence-corrected chi connectivity index (χ2v) is 4.55. The minimum absolute atomic E-state index is 0.0607. The fourth-order valence-corrected chi connectivity index (χ4v) is 0.964. The Morgan fingerprint density at radius 1 is 0.762 bits per heavy atom. The van der Waals surface area contributed by atoms with Gasteiger partial charge < -0.3 is 14.2 Å². The van der Waals surface area contributed by atoms with Crippen LogP contribution in [0.15, 0.2) is 36.5 Å². The molecular weight excluding hydrogens is 276 g/mol. The lowest BCUT2D eigenvalue weighted by molar-refractivity contribution is -0.326. The third-order valence-corrected chi connectivity index (χ3v) is 2.22. The lowest BCUT2D eigenvalue weighted by Crippen LogP contribution is -2.44. The molecule has 6 heteroatoms. The summed E-state index contributed by atoms with van der Waals surface area (Å²) in [6, 6.07) is 0. The van der Waals surface area contributed by atoms with Crippen LogP contribution in [0.1, 0.15) is 34.1 Å². The van der Waals surface area contributed by atoms with Gasteiger partial charge in [0.05, 0.1) is 6.42 Å². The standard InChI is InChI=1S/C15H20O6/c1-8-15(19-12(16)9(2)3,20-13(17)10(4)5)21-14(18)11(6)7/h2,4,6,8H2,1,3,5,7H3. The highest BCUT2D eigenvalue weighted by Gasteiger charge is 2.42. The van der Waals surface area contributed by atoms with Gasteiger partial charge in [0.15, 0.2) is 0 Å². The molecule has 0 aliphatic heterocycles. The van der Waals surface area contributed by atoms with Gasteiger partial charge in [-0.3, -0.25) is 0 Å². The fourth-order valence-electron chi connectivity index (χ4n) is 0.964. The van der Waals surface area contributed by atoms with Crippen LogP contribution in [-0.2, 0) is 28.6 Å². The largest absolute Gasteiger partial charge is 0.423 e. The SMILES string of the molecule is C=C(C)C(=O)OC(CC)(OC(=O)C(=C)C)OC(=O)C(=C)C. The molecule has 0 bridgehead atoms. The van der Waals surface area contributed by atoms with Crippen LogP contribution in [0, 0.1) is 0 Å². The molecule has 0 aromatic carbocycles. The summed E-state index contributed by atoms with van der Waals surface area (Å²) < 4.78 is 15.0. The van der Waals surface area contributed by atoms with E-state index in [1.165, 1.54) is 27.7 Å². The van der Waals surface area contributed by atoms with Crippen molar-refractivity contribution in [2.24, 2.45) is 0 Å². The van der Waals surface area contributed by atoms with Crippen molar-refractivity contribution in [1.82, 2.24) is 0 Å². The van der Waals surface area contributed by atoms with E-state index >= 15 is 0 Å². The summed E-state index contributed by atoms with van der Waals surface area (Å²) in [7, 11) is 0. The molecular formula is C15H20O6. The third-order valence-electron chi connectivity index (χ3n) is 2.22. The van der Waals surface area contributed by atoms with Gasteiger partial charge in [-0.05, 0) is 20.8 Å². The molecule has 0 radical (unpaired) electrons. The van der Waals surface area contributed by atoms with E-state index in [0.29, 0.717) is 0 Å². The van der Waals surface area contributed by atoms with Crippen molar-refractivity contribution in [1.29, 1.82) is 0 Å². The normalized spacial score (nSPS) is 10.3. The van der Waals surface area contributed by atoms with Crippen molar-refractivity contribution < 1.29 is 28.6 Å². The highest BCUT2D eigenvalue weighted by atomic mass is 16.9. The van der Waals surface area contributed by atoms with Gasteiger partial charge in [-0.15, -0.1) is 0 Å². The Morgan fingerprint density at radius 2 is 1.00 bits per heavy atom. The zero-order chi connectivity index (χ0) is 16.8. The first-order chi connectivity index (χ1) is 9.54. The van der Waals surface area contributed by atoms with Crippen LogP contribution in [0.4, 0.5) is 0 Å². The van der Waals surface area contributed by atoms with Gasteiger partial charge in [0.1, 0.15) is 0 Å². The highest BCUT2D eigenvalue weighted by Crippen LogP contribution is 2.24. The Balaban J connectivity index is 5.46. The molecule has 0 amide bonds. The number of hydrogen-bond acceptors (Lipinski definition) is 6. The molecule has 0 aliphatic carbocycles. The second kappa shape index (κ2) is 7.42. The molecule has 116 valence electrons. The van der Waals surface area contributed by atoms with E-state index in [1.807, 2.05) is 0 Å². The van der Waals surface area contributed by atoms with E-state index in [-0.39, 0.29) is 23.1 Å². The number of esters is 3. The smallest absolute Gasteiger partial charge is 0.385 e. The van der Waals surface area contributed by atoms with Crippen LogP contribution >= 0.6 is 0 Å². The molecule has 0 aliphatic rings. The predicted molar refractivity (Wildman–Crippen MR) is 75.7 cm³/mol. The van der Waals surface area contributed by atoms with Gasteiger partial charge in [0.25, 0.3) is 0 Å². The lowest BCUT2D eigenvalue weighted by atomic mass is 10.3. The van der Waals surface area contributed by atoms with E-state index < -0.39 is 23.9 Å². The maximum absolute atomic E-state index is 11.7. The predicted octanol–water partition coefficient (Wildman–Crippen LogP) is 2.41. The monoisotopic (exact) mass is 296 g/mol. The molecule has 0 saturated heterocycles. The van der Waals surface area contributed by atoms with Crippen molar-refractivity contribution in [3.05, 3.63) is 36.5 Å². The van der Waals surface area contributed by atoms with Crippen LogP contribution in [0.25, 0.3) is 0 Å². The fraction of sp³-hybridized carbons (Fsp3) is 0.400. The first-order valence-corrected chi connectivity index (χ1v) is 6.21. The van der Waals surface area contributed by atoms with Crippen LogP contribution in [0.2, 0.25) is 0 Å². The number of carbonyl (C=O) groups is 3. The molecule has 0 N–H and O–H groups in total. The summed E-state index contributed by atoms with van der Waals surface area (Å²) in [5.74, 6) is -4.76. The van der Waals surface area contributed by atoms with Crippen molar-refractivity contribution in [2.75, 3.05) is 0 Å². The van der Waals surface area contributed by atoms with Crippen LogP contribution in [0.5, 0.6) is 0 Å². The summed E-state index contributed by atoms with van der Waals surface area (Å²) in [5, 5.41) is 0. The van der Waals surface area contributed by atoms with Crippen molar-refractivity contribution in [2.45, 2.75) is 40.1 Å². The van der Waals surface area contributed by atoms with Gasteiger partial charge in [-0.25, -0.2) is 14.4 Å². The summed E-state index contributed by atoms with van der Waals surface area (Å²) in [4.78, 5) is 35.0. The Morgan fingerprint density at radius 3 is 1.14 bits per heavy atom. The Hall–Kier alpha value is -2.37. The highest BCUT2D eigenvalue weighted by molar-refractivity contribution is 5.90. The molecule has 0 aromatic rings. The minimum atomic E-state index is -2.18. The Bertz CT molecular complexity index is 431. The van der Waals surface area contributed by atoms with E-state index in [1.54, 1.807) is 0 Å². The van der Waals surface area contributed by atoms with Gasteiger partial charge in [-0.2, -0.15) is 0 Å². The molecule has 0 saturated carbocycles. The molecule has 0 rings (SSSR count). The second-order valence-electron chi connectivity index (χ2n) is 4.55. The van der Waals surface area contributed by atoms with E-state index in [2.05, 4.69) is 19.7 Å². The first kappa shape index (κ1) is 18.6.